The van der Waals surface area contributed by atoms with Gasteiger partial charge in [0.05, 0.1) is 13.3 Å². The van der Waals surface area contributed by atoms with Crippen molar-refractivity contribution in [2.45, 2.75) is 13.5 Å². The van der Waals surface area contributed by atoms with Crippen LogP contribution in [0.15, 0.2) is 108 Å². The quantitative estimate of drug-likeness (QED) is 0.157. The van der Waals surface area contributed by atoms with Crippen molar-refractivity contribution in [2.24, 2.45) is 5.10 Å². The number of aromatic nitrogens is 1. The van der Waals surface area contributed by atoms with Gasteiger partial charge >= 0.3 is 0 Å². The molecule has 1 heterocycles. The van der Waals surface area contributed by atoms with E-state index in [9.17, 15) is 9.59 Å². The number of hydrazone groups is 1. The van der Waals surface area contributed by atoms with E-state index in [0.717, 1.165) is 28.6 Å². The van der Waals surface area contributed by atoms with Crippen LogP contribution in [0.4, 0.5) is 0 Å². The Balaban J connectivity index is 1.39. The van der Waals surface area contributed by atoms with E-state index >= 15 is 0 Å². The smallest absolute Gasteiger partial charge is 0.287 e. The van der Waals surface area contributed by atoms with Crippen molar-refractivity contribution in [3.63, 3.8) is 0 Å². The van der Waals surface area contributed by atoms with Crippen LogP contribution in [-0.4, -0.2) is 29.7 Å². The molecule has 0 saturated carbocycles. The molecule has 0 aliphatic heterocycles. The number of aryl methyl sites for hydroxylation is 1. The van der Waals surface area contributed by atoms with E-state index in [0.29, 0.717) is 11.3 Å². The molecule has 0 saturated heterocycles. The van der Waals surface area contributed by atoms with E-state index in [1.807, 2.05) is 24.3 Å². The zero-order valence-corrected chi connectivity index (χ0v) is 21.7. The number of amides is 2. The van der Waals surface area contributed by atoms with Crippen LogP contribution in [0.1, 0.15) is 28.4 Å². The molecule has 0 aliphatic carbocycles. The summed E-state index contributed by atoms with van der Waals surface area (Å²) in [5, 5.41) is 9.19. The van der Waals surface area contributed by atoms with Crippen molar-refractivity contribution in [3.8, 4) is 5.75 Å². The standard InChI is InChI=1S/C32H28N4O3/c1-3-36-29-12-8-7-11-26(29)27-19-23(15-18-30(27)36)21-33-35-32(38)28(20-22-13-16-25(39-2)17-14-22)34-31(37)24-9-5-4-6-10-24/h4-21H,3H2,1-2H3,(H,34,37)(H,35,38)/b28-20+,33-21+. The van der Waals surface area contributed by atoms with E-state index in [1.165, 1.54) is 10.9 Å². The molecule has 0 unspecified atom stereocenters. The molecule has 2 N–H and O–H groups in total. The molecule has 5 rings (SSSR count). The number of benzene rings is 4. The summed E-state index contributed by atoms with van der Waals surface area (Å²) < 4.78 is 7.48. The summed E-state index contributed by atoms with van der Waals surface area (Å²) in [5.74, 6) is -0.252. The Morgan fingerprint density at radius 2 is 1.54 bits per heavy atom. The summed E-state index contributed by atoms with van der Waals surface area (Å²) in [6.07, 6.45) is 3.19. The van der Waals surface area contributed by atoms with Gasteiger partial charge < -0.3 is 14.6 Å². The monoisotopic (exact) mass is 516 g/mol. The first-order valence-electron chi connectivity index (χ1n) is 12.6. The van der Waals surface area contributed by atoms with Gasteiger partial charge in [0.1, 0.15) is 11.4 Å². The summed E-state index contributed by atoms with van der Waals surface area (Å²) in [7, 11) is 1.58. The second-order valence-corrected chi connectivity index (χ2v) is 8.89. The van der Waals surface area contributed by atoms with Gasteiger partial charge in [-0.25, -0.2) is 5.43 Å². The first-order chi connectivity index (χ1) is 19.1. The van der Waals surface area contributed by atoms with Gasteiger partial charge in [-0.15, -0.1) is 0 Å². The molecule has 7 nitrogen and oxygen atoms in total. The number of para-hydroxylation sites is 1. The molecule has 0 spiro atoms. The van der Waals surface area contributed by atoms with Crippen LogP contribution in [-0.2, 0) is 11.3 Å². The van der Waals surface area contributed by atoms with Crippen LogP contribution in [0.5, 0.6) is 5.75 Å². The van der Waals surface area contributed by atoms with Gasteiger partial charge in [0.2, 0.25) is 0 Å². The van der Waals surface area contributed by atoms with Crippen molar-refractivity contribution in [1.82, 2.24) is 15.3 Å². The van der Waals surface area contributed by atoms with Crippen molar-refractivity contribution < 1.29 is 14.3 Å². The lowest BCUT2D eigenvalue weighted by atomic mass is 10.1. The molecular formula is C32H28N4O3. The third kappa shape index (κ3) is 5.57. The molecule has 7 heteroatoms. The predicted molar refractivity (Wildman–Crippen MR) is 156 cm³/mol. The fourth-order valence-corrected chi connectivity index (χ4v) is 4.53. The number of nitrogens with zero attached hydrogens (tertiary/aromatic N) is 2. The highest BCUT2D eigenvalue weighted by molar-refractivity contribution is 6.10. The van der Waals surface area contributed by atoms with Gasteiger partial charge in [0, 0.05) is 33.9 Å². The highest BCUT2D eigenvalue weighted by Crippen LogP contribution is 2.29. The van der Waals surface area contributed by atoms with Gasteiger partial charge in [-0.05, 0) is 66.6 Å². The van der Waals surface area contributed by atoms with Crippen LogP contribution >= 0.6 is 0 Å². The zero-order valence-electron chi connectivity index (χ0n) is 21.7. The molecule has 4 aromatic carbocycles. The number of fused-ring (bicyclic) bond motifs is 3. The minimum Gasteiger partial charge on any atom is -0.497 e. The minimum absolute atomic E-state index is 0.0626. The fraction of sp³-hybridized carbons (Fsp3) is 0.0938. The molecule has 0 atom stereocenters. The average molecular weight is 517 g/mol. The second kappa shape index (κ2) is 11.5. The van der Waals surface area contributed by atoms with E-state index in [4.69, 9.17) is 4.74 Å². The Kier molecular flexibility index (Phi) is 7.50. The summed E-state index contributed by atoms with van der Waals surface area (Å²) in [5.41, 5.74) is 6.94. The maximum atomic E-state index is 13.1. The zero-order chi connectivity index (χ0) is 27.2. The Morgan fingerprint density at radius 3 is 2.28 bits per heavy atom. The first-order valence-corrected chi connectivity index (χ1v) is 12.6. The molecule has 194 valence electrons. The number of carbonyl (C=O) groups excluding carboxylic acids is 2. The van der Waals surface area contributed by atoms with Crippen LogP contribution in [0.25, 0.3) is 27.9 Å². The van der Waals surface area contributed by atoms with E-state index in [1.54, 1.807) is 67.9 Å². The SMILES string of the molecule is CCn1c2ccccc2c2cc(/C=N/NC(=O)/C(=C\c3ccc(OC)cc3)NC(=O)c3ccccc3)ccc21. The molecule has 2 amide bonds. The lowest BCUT2D eigenvalue weighted by molar-refractivity contribution is -0.117. The molecule has 39 heavy (non-hydrogen) atoms. The lowest BCUT2D eigenvalue weighted by Gasteiger charge is -2.09. The summed E-state index contributed by atoms with van der Waals surface area (Å²) in [6, 6.07) is 30.3. The largest absolute Gasteiger partial charge is 0.497 e. The van der Waals surface area contributed by atoms with Crippen molar-refractivity contribution in [3.05, 3.63) is 119 Å². The average Bonchev–Trinajstić information content (AvgIpc) is 3.30. The fourth-order valence-electron chi connectivity index (χ4n) is 4.53. The number of hydrogen-bond donors (Lipinski definition) is 2. The molecule has 0 bridgehead atoms. The number of ether oxygens (including phenoxy) is 1. The summed E-state index contributed by atoms with van der Waals surface area (Å²) in [4.78, 5) is 25.9. The van der Waals surface area contributed by atoms with Crippen LogP contribution in [0.2, 0.25) is 0 Å². The van der Waals surface area contributed by atoms with Gasteiger partial charge in [0.25, 0.3) is 11.8 Å². The van der Waals surface area contributed by atoms with Gasteiger partial charge in [0.15, 0.2) is 0 Å². The third-order valence-corrected chi connectivity index (χ3v) is 6.45. The van der Waals surface area contributed by atoms with Gasteiger partial charge in [-0.1, -0.05) is 54.6 Å². The van der Waals surface area contributed by atoms with E-state index in [-0.39, 0.29) is 5.70 Å². The number of carbonyl (C=O) groups is 2. The molecule has 0 radical (unpaired) electrons. The Morgan fingerprint density at radius 1 is 0.846 bits per heavy atom. The summed E-state index contributed by atoms with van der Waals surface area (Å²) in [6.45, 7) is 3.00. The Hall–Kier alpha value is -5.17. The number of rotatable bonds is 8. The minimum atomic E-state index is -0.546. The molecular weight excluding hydrogens is 488 g/mol. The Bertz CT molecular complexity index is 1700. The first kappa shape index (κ1) is 25.5. The highest BCUT2D eigenvalue weighted by atomic mass is 16.5. The Labute approximate surface area is 226 Å². The van der Waals surface area contributed by atoms with Gasteiger partial charge in [-0.3, -0.25) is 9.59 Å². The molecule has 5 aromatic rings. The molecule has 0 aliphatic rings. The van der Waals surface area contributed by atoms with Crippen LogP contribution in [0.3, 0.4) is 0 Å². The highest BCUT2D eigenvalue weighted by Gasteiger charge is 2.15. The molecule has 0 fully saturated rings. The van der Waals surface area contributed by atoms with Crippen molar-refractivity contribution >= 4 is 45.9 Å². The van der Waals surface area contributed by atoms with Gasteiger partial charge in [-0.2, -0.15) is 5.10 Å². The number of hydrogen-bond acceptors (Lipinski definition) is 4. The maximum absolute atomic E-state index is 13.1. The predicted octanol–water partition coefficient (Wildman–Crippen LogP) is 5.74. The summed E-state index contributed by atoms with van der Waals surface area (Å²) >= 11 is 0. The van der Waals surface area contributed by atoms with Crippen molar-refractivity contribution in [1.29, 1.82) is 0 Å². The van der Waals surface area contributed by atoms with Crippen LogP contribution < -0.4 is 15.5 Å². The van der Waals surface area contributed by atoms with Crippen molar-refractivity contribution in [2.75, 3.05) is 7.11 Å². The van der Waals surface area contributed by atoms with E-state index in [2.05, 4.69) is 51.6 Å². The van der Waals surface area contributed by atoms with E-state index < -0.39 is 11.8 Å². The maximum Gasteiger partial charge on any atom is 0.287 e. The second-order valence-electron chi connectivity index (χ2n) is 8.89. The normalized spacial score (nSPS) is 11.7. The topological polar surface area (TPSA) is 84.7 Å². The van der Waals surface area contributed by atoms with Crippen LogP contribution in [0, 0.1) is 0 Å². The lowest BCUT2D eigenvalue weighted by Crippen LogP contribution is -2.32. The molecule has 1 aromatic heterocycles. The number of nitrogens with one attached hydrogen (secondary N) is 2. The third-order valence-electron chi connectivity index (χ3n) is 6.45. The number of methoxy groups -OCH3 is 1.